The summed E-state index contributed by atoms with van der Waals surface area (Å²) in [6.45, 7) is 10.6. The molecule has 1 aliphatic rings. The van der Waals surface area contributed by atoms with Crippen LogP contribution < -0.4 is 10.3 Å². The van der Waals surface area contributed by atoms with E-state index >= 15 is 0 Å². The summed E-state index contributed by atoms with van der Waals surface area (Å²) in [7, 11) is -0.415. The summed E-state index contributed by atoms with van der Waals surface area (Å²) < 4.78 is 17.1. The van der Waals surface area contributed by atoms with E-state index in [0.717, 1.165) is 5.59 Å². The summed E-state index contributed by atoms with van der Waals surface area (Å²) in [5.41, 5.74) is 0.107. The van der Waals surface area contributed by atoms with Crippen LogP contribution >= 0.6 is 0 Å². The van der Waals surface area contributed by atoms with Crippen molar-refractivity contribution in [3.63, 3.8) is 0 Å². The Kier molecular flexibility index (Phi) is 2.95. The molecule has 0 saturated carbocycles. The Hall–Kier alpha value is -1.01. The lowest BCUT2D eigenvalue weighted by Gasteiger charge is -2.32. The van der Waals surface area contributed by atoms with Crippen molar-refractivity contribution in [1.29, 1.82) is 0 Å². The highest BCUT2D eigenvalue weighted by atomic mass is 16.7. The van der Waals surface area contributed by atoms with Crippen LogP contribution in [0.5, 0.6) is 6.01 Å². The van der Waals surface area contributed by atoms with E-state index in [9.17, 15) is 0 Å². The van der Waals surface area contributed by atoms with Gasteiger partial charge in [-0.05, 0) is 34.6 Å². The van der Waals surface area contributed by atoms with Gasteiger partial charge in [-0.1, -0.05) is 0 Å². The van der Waals surface area contributed by atoms with Crippen molar-refractivity contribution in [2.45, 2.75) is 45.8 Å². The van der Waals surface area contributed by atoms with E-state index in [2.05, 4.69) is 9.97 Å². The van der Waals surface area contributed by atoms with Gasteiger partial charge >= 0.3 is 7.12 Å². The topological polar surface area (TPSA) is 56.4 Å². The number of nitrogens with zero attached hydrogens (tertiary/aromatic N) is 1. The van der Waals surface area contributed by atoms with E-state index in [0.29, 0.717) is 12.6 Å². The Balaban J connectivity index is 2.14. The summed E-state index contributed by atoms with van der Waals surface area (Å²) >= 11 is 0. The number of hydrogen-bond donors (Lipinski definition) is 1. The molecule has 17 heavy (non-hydrogen) atoms. The van der Waals surface area contributed by atoms with Crippen molar-refractivity contribution < 1.29 is 14.0 Å². The molecule has 0 spiro atoms. The van der Waals surface area contributed by atoms with E-state index in [1.807, 2.05) is 34.6 Å². The SMILES string of the molecule is CCOc1ncc(B2OC(C)(C)C(C)(C)O2)[nH]1. The molecule has 0 aromatic carbocycles. The van der Waals surface area contributed by atoms with Crippen molar-refractivity contribution in [1.82, 2.24) is 9.97 Å². The number of hydrogen-bond acceptors (Lipinski definition) is 4. The average molecular weight is 238 g/mol. The predicted octanol–water partition coefficient (Wildman–Crippen LogP) is 1.11. The molecule has 0 radical (unpaired) electrons. The van der Waals surface area contributed by atoms with E-state index in [4.69, 9.17) is 14.0 Å². The maximum absolute atomic E-state index is 5.89. The van der Waals surface area contributed by atoms with Gasteiger partial charge in [-0.3, -0.25) is 0 Å². The molecule has 1 aromatic rings. The molecule has 0 atom stereocenters. The number of ether oxygens (including phenoxy) is 1. The van der Waals surface area contributed by atoms with E-state index in [1.54, 1.807) is 6.20 Å². The molecule has 6 heteroatoms. The Morgan fingerprint density at radius 1 is 1.29 bits per heavy atom. The summed E-state index contributed by atoms with van der Waals surface area (Å²) in [5.74, 6) is 0. The highest BCUT2D eigenvalue weighted by molar-refractivity contribution is 6.61. The van der Waals surface area contributed by atoms with E-state index in [-0.39, 0.29) is 11.2 Å². The van der Waals surface area contributed by atoms with E-state index < -0.39 is 7.12 Å². The van der Waals surface area contributed by atoms with Crippen molar-refractivity contribution >= 4 is 12.7 Å². The normalized spacial score (nSPS) is 21.8. The Morgan fingerprint density at radius 3 is 2.41 bits per heavy atom. The van der Waals surface area contributed by atoms with Crippen molar-refractivity contribution in [3.8, 4) is 6.01 Å². The van der Waals surface area contributed by atoms with Gasteiger partial charge in [0.1, 0.15) is 0 Å². The van der Waals surface area contributed by atoms with Crippen LogP contribution in [0.4, 0.5) is 0 Å². The number of nitrogens with one attached hydrogen (secondary N) is 1. The molecule has 5 nitrogen and oxygen atoms in total. The van der Waals surface area contributed by atoms with Crippen molar-refractivity contribution in [2.75, 3.05) is 6.61 Å². The van der Waals surface area contributed by atoms with Crippen LogP contribution in [0.25, 0.3) is 0 Å². The quantitative estimate of drug-likeness (QED) is 0.801. The average Bonchev–Trinajstić information content (AvgIpc) is 2.71. The monoisotopic (exact) mass is 238 g/mol. The minimum atomic E-state index is -0.415. The number of H-pyrrole nitrogens is 1. The van der Waals surface area contributed by atoms with E-state index in [1.165, 1.54) is 0 Å². The summed E-state index contributed by atoms with van der Waals surface area (Å²) in [6.07, 6.45) is 1.69. The van der Waals surface area contributed by atoms with Crippen LogP contribution in [0.2, 0.25) is 0 Å². The third kappa shape index (κ3) is 2.19. The molecule has 1 fully saturated rings. The Morgan fingerprint density at radius 2 is 1.88 bits per heavy atom. The number of rotatable bonds is 3. The van der Waals surface area contributed by atoms with Gasteiger partial charge in [0.05, 0.1) is 23.4 Å². The van der Waals surface area contributed by atoms with Crippen LogP contribution in [0.3, 0.4) is 0 Å². The zero-order valence-electron chi connectivity index (χ0n) is 11.0. The smallest absolute Gasteiger partial charge is 0.465 e. The minimum Gasteiger partial charge on any atom is -0.465 e. The minimum absolute atomic E-state index is 0.339. The summed E-state index contributed by atoms with van der Waals surface area (Å²) in [4.78, 5) is 7.16. The summed E-state index contributed by atoms with van der Waals surface area (Å²) in [6, 6.07) is 0.497. The first-order valence-electron chi connectivity index (χ1n) is 5.89. The Bertz CT molecular complexity index is 387. The van der Waals surface area contributed by atoms with Gasteiger partial charge < -0.3 is 19.0 Å². The first-order valence-corrected chi connectivity index (χ1v) is 5.89. The molecular formula is C11H19BN2O3. The van der Waals surface area contributed by atoms with Crippen molar-refractivity contribution in [3.05, 3.63) is 6.20 Å². The predicted molar refractivity (Wildman–Crippen MR) is 65.5 cm³/mol. The van der Waals surface area contributed by atoms with Gasteiger partial charge in [0.15, 0.2) is 0 Å². The van der Waals surface area contributed by atoms with Crippen molar-refractivity contribution in [2.24, 2.45) is 0 Å². The molecule has 1 aromatic heterocycles. The molecular weight excluding hydrogens is 219 g/mol. The number of imidazole rings is 1. The van der Waals surface area contributed by atoms with Gasteiger partial charge in [-0.15, -0.1) is 0 Å². The fourth-order valence-corrected chi connectivity index (χ4v) is 1.62. The highest BCUT2D eigenvalue weighted by Crippen LogP contribution is 2.36. The first kappa shape index (κ1) is 12.5. The van der Waals surface area contributed by atoms with Crippen LogP contribution in [0.15, 0.2) is 6.20 Å². The molecule has 1 saturated heterocycles. The van der Waals surface area contributed by atoms with Gasteiger partial charge in [0, 0.05) is 6.20 Å². The number of aromatic amines is 1. The lowest BCUT2D eigenvalue weighted by molar-refractivity contribution is 0.00578. The molecule has 1 N–H and O–H groups in total. The lowest BCUT2D eigenvalue weighted by Crippen LogP contribution is -2.41. The molecule has 2 heterocycles. The summed E-state index contributed by atoms with van der Waals surface area (Å²) in [5, 5.41) is 0. The van der Waals surface area contributed by atoms with Crippen LogP contribution in [0.1, 0.15) is 34.6 Å². The van der Waals surface area contributed by atoms with Gasteiger partial charge in [0.2, 0.25) is 0 Å². The molecule has 1 aliphatic heterocycles. The molecule has 0 amide bonds. The van der Waals surface area contributed by atoms with Crippen LogP contribution in [-0.4, -0.2) is 34.9 Å². The zero-order valence-corrected chi connectivity index (χ0v) is 11.0. The molecule has 2 rings (SSSR count). The largest absolute Gasteiger partial charge is 0.513 e. The second kappa shape index (κ2) is 4.03. The fourth-order valence-electron chi connectivity index (χ4n) is 1.62. The highest BCUT2D eigenvalue weighted by Gasteiger charge is 2.52. The number of aromatic nitrogens is 2. The van der Waals surface area contributed by atoms with Gasteiger partial charge in [-0.25, -0.2) is 4.98 Å². The standard InChI is InChI=1S/C11H19BN2O3/c1-6-15-9-13-7-8(14-9)12-16-10(2,3)11(4,5)17-12/h7H,6H2,1-5H3,(H,13,14). The van der Waals surface area contributed by atoms with Gasteiger partial charge in [-0.2, -0.15) is 0 Å². The molecule has 0 aliphatic carbocycles. The maximum Gasteiger partial charge on any atom is 0.513 e. The third-order valence-corrected chi connectivity index (χ3v) is 3.36. The molecule has 94 valence electrons. The Labute approximate surface area is 102 Å². The van der Waals surface area contributed by atoms with Crippen LogP contribution in [0, 0.1) is 0 Å². The molecule has 0 bridgehead atoms. The fraction of sp³-hybridized carbons (Fsp3) is 0.727. The maximum atomic E-state index is 5.89. The lowest BCUT2D eigenvalue weighted by atomic mass is 9.86. The first-order chi connectivity index (χ1) is 7.86. The zero-order chi connectivity index (χ0) is 12.7. The molecule has 0 unspecified atom stereocenters. The second-order valence-corrected chi connectivity index (χ2v) is 5.16. The third-order valence-electron chi connectivity index (χ3n) is 3.36. The second-order valence-electron chi connectivity index (χ2n) is 5.16. The van der Waals surface area contributed by atoms with Crippen LogP contribution in [-0.2, 0) is 9.31 Å². The van der Waals surface area contributed by atoms with Gasteiger partial charge in [0.25, 0.3) is 6.01 Å².